The minimum atomic E-state index is -0.228. The van der Waals surface area contributed by atoms with E-state index in [1.54, 1.807) is 4.90 Å². The molecule has 0 aromatic heterocycles. The Morgan fingerprint density at radius 1 is 1.40 bits per heavy atom. The fourth-order valence-corrected chi connectivity index (χ4v) is 2.90. The van der Waals surface area contributed by atoms with Crippen molar-refractivity contribution in [3.63, 3.8) is 0 Å². The van der Waals surface area contributed by atoms with Crippen molar-refractivity contribution in [3.8, 4) is 0 Å². The van der Waals surface area contributed by atoms with Crippen LogP contribution in [0, 0.1) is 12.8 Å². The molecule has 20 heavy (non-hydrogen) atoms. The van der Waals surface area contributed by atoms with Gasteiger partial charge in [-0.05, 0) is 37.5 Å². The number of rotatable bonds is 2. The molecule has 4 nitrogen and oxygen atoms in total. The van der Waals surface area contributed by atoms with E-state index in [4.69, 9.17) is 4.74 Å². The lowest BCUT2D eigenvalue weighted by atomic mass is 9.97. The number of hydrogen-bond acceptors (Lipinski definition) is 3. The largest absolute Gasteiger partial charge is 0.469 e. The van der Waals surface area contributed by atoms with Crippen LogP contribution in [0.25, 0.3) is 0 Å². The normalized spacial score (nSPS) is 18.8. The van der Waals surface area contributed by atoms with Crippen molar-refractivity contribution in [2.24, 2.45) is 5.92 Å². The van der Waals surface area contributed by atoms with Gasteiger partial charge < -0.3 is 9.64 Å². The molecular weight excluding hydrogens is 322 g/mol. The zero-order chi connectivity index (χ0) is 14.7. The van der Waals surface area contributed by atoms with Crippen LogP contribution in [0.4, 0.5) is 0 Å². The number of carbonyl (C=O) groups excluding carboxylic acids is 2. The van der Waals surface area contributed by atoms with Crippen molar-refractivity contribution in [1.29, 1.82) is 0 Å². The Labute approximate surface area is 127 Å². The number of halogens is 1. The first-order valence-electron chi connectivity index (χ1n) is 6.66. The molecular formula is C15H18BrNO3. The van der Waals surface area contributed by atoms with Crippen LogP contribution < -0.4 is 0 Å². The summed E-state index contributed by atoms with van der Waals surface area (Å²) in [5.41, 5.74) is 1.61. The summed E-state index contributed by atoms with van der Waals surface area (Å²) in [7, 11) is 1.39. The lowest BCUT2D eigenvalue weighted by Gasteiger charge is -2.31. The molecule has 108 valence electrons. The first-order valence-corrected chi connectivity index (χ1v) is 7.46. The van der Waals surface area contributed by atoms with Gasteiger partial charge in [0.15, 0.2) is 0 Å². The molecule has 0 spiro atoms. The average Bonchev–Trinajstić information content (AvgIpc) is 2.48. The second kappa shape index (κ2) is 6.39. The molecule has 0 unspecified atom stereocenters. The third-order valence-corrected chi connectivity index (χ3v) is 4.60. The van der Waals surface area contributed by atoms with Crippen molar-refractivity contribution in [1.82, 2.24) is 4.90 Å². The van der Waals surface area contributed by atoms with Gasteiger partial charge in [-0.1, -0.05) is 22.0 Å². The lowest BCUT2D eigenvalue weighted by molar-refractivity contribution is -0.146. The first-order chi connectivity index (χ1) is 9.54. The number of amides is 1. The third kappa shape index (κ3) is 3.03. The number of methoxy groups -OCH3 is 1. The Hall–Kier alpha value is -1.36. The van der Waals surface area contributed by atoms with Crippen molar-refractivity contribution in [2.45, 2.75) is 19.8 Å². The van der Waals surface area contributed by atoms with Gasteiger partial charge in [-0.25, -0.2) is 0 Å². The van der Waals surface area contributed by atoms with E-state index in [2.05, 4.69) is 15.9 Å². The highest BCUT2D eigenvalue weighted by atomic mass is 79.9. The predicted octanol–water partition coefficient (Wildman–Crippen LogP) is 2.78. The Balaban J connectivity index is 2.16. The minimum Gasteiger partial charge on any atom is -0.469 e. The van der Waals surface area contributed by atoms with Crippen LogP contribution in [0.3, 0.4) is 0 Å². The summed E-state index contributed by atoms with van der Waals surface area (Å²) >= 11 is 3.44. The molecule has 1 aromatic rings. The summed E-state index contributed by atoms with van der Waals surface area (Å²) in [6.45, 7) is 3.05. The molecule has 5 heteroatoms. The van der Waals surface area contributed by atoms with Crippen LogP contribution in [0.1, 0.15) is 28.8 Å². The van der Waals surface area contributed by atoms with Gasteiger partial charge in [0.2, 0.25) is 0 Å². The van der Waals surface area contributed by atoms with Gasteiger partial charge in [-0.15, -0.1) is 0 Å². The highest BCUT2D eigenvalue weighted by molar-refractivity contribution is 9.10. The molecule has 0 aliphatic carbocycles. The maximum Gasteiger partial charge on any atom is 0.310 e. The molecule has 1 fully saturated rings. The van der Waals surface area contributed by atoms with E-state index in [0.29, 0.717) is 18.7 Å². The molecule has 1 aromatic carbocycles. The molecule has 0 N–H and O–H groups in total. The number of likely N-dealkylation sites (tertiary alicyclic amines) is 1. The summed E-state index contributed by atoms with van der Waals surface area (Å²) in [5.74, 6) is -0.448. The number of piperidine rings is 1. The van der Waals surface area contributed by atoms with E-state index in [1.165, 1.54) is 7.11 Å². The Morgan fingerprint density at radius 3 is 2.85 bits per heavy atom. The first kappa shape index (κ1) is 15.0. The van der Waals surface area contributed by atoms with E-state index in [1.807, 2.05) is 25.1 Å². The SMILES string of the molecule is COC(=O)[C@H]1CCCN(C(=O)c2cccc(Br)c2C)C1. The number of benzene rings is 1. The van der Waals surface area contributed by atoms with Crippen LogP contribution in [0.5, 0.6) is 0 Å². The summed E-state index contributed by atoms with van der Waals surface area (Å²) < 4.78 is 5.70. The van der Waals surface area contributed by atoms with E-state index >= 15 is 0 Å². The van der Waals surface area contributed by atoms with Crippen LogP contribution in [0.15, 0.2) is 22.7 Å². The number of carbonyl (C=O) groups is 2. The second-order valence-electron chi connectivity index (χ2n) is 5.03. The highest BCUT2D eigenvalue weighted by Crippen LogP contribution is 2.24. The maximum atomic E-state index is 12.6. The van der Waals surface area contributed by atoms with Crippen molar-refractivity contribution >= 4 is 27.8 Å². The number of ether oxygens (including phenoxy) is 1. The van der Waals surface area contributed by atoms with E-state index in [-0.39, 0.29) is 17.8 Å². The van der Waals surface area contributed by atoms with Crippen LogP contribution in [-0.2, 0) is 9.53 Å². The molecule has 2 rings (SSSR count). The van der Waals surface area contributed by atoms with Crippen molar-refractivity contribution in [2.75, 3.05) is 20.2 Å². The van der Waals surface area contributed by atoms with Gasteiger partial charge in [0, 0.05) is 23.1 Å². The molecule has 1 atom stereocenters. The number of nitrogens with zero attached hydrogens (tertiary/aromatic N) is 1. The number of esters is 1. The zero-order valence-corrected chi connectivity index (χ0v) is 13.3. The van der Waals surface area contributed by atoms with Gasteiger partial charge in [0.05, 0.1) is 13.0 Å². The molecule has 1 amide bonds. The fourth-order valence-electron chi connectivity index (χ4n) is 2.53. The van der Waals surface area contributed by atoms with Gasteiger partial charge in [-0.3, -0.25) is 9.59 Å². The summed E-state index contributed by atoms with van der Waals surface area (Å²) in [6, 6.07) is 5.59. The predicted molar refractivity (Wildman–Crippen MR) is 79.5 cm³/mol. The van der Waals surface area contributed by atoms with Gasteiger partial charge in [-0.2, -0.15) is 0 Å². The van der Waals surface area contributed by atoms with E-state index < -0.39 is 0 Å². The molecule has 1 aliphatic heterocycles. The zero-order valence-electron chi connectivity index (χ0n) is 11.7. The maximum absolute atomic E-state index is 12.6. The van der Waals surface area contributed by atoms with Crippen LogP contribution >= 0.6 is 15.9 Å². The molecule has 1 aliphatic rings. The van der Waals surface area contributed by atoms with Gasteiger partial charge in [0.25, 0.3) is 5.91 Å². The molecule has 1 heterocycles. The van der Waals surface area contributed by atoms with E-state index in [0.717, 1.165) is 22.9 Å². The monoisotopic (exact) mass is 339 g/mol. The molecule has 0 radical (unpaired) electrons. The minimum absolute atomic E-state index is 0.0163. The summed E-state index contributed by atoms with van der Waals surface area (Å²) in [4.78, 5) is 26.0. The van der Waals surface area contributed by atoms with Crippen molar-refractivity contribution < 1.29 is 14.3 Å². The highest BCUT2D eigenvalue weighted by Gasteiger charge is 2.30. The van der Waals surface area contributed by atoms with Crippen LogP contribution in [-0.4, -0.2) is 37.0 Å². The standard InChI is InChI=1S/C15H18BrNO3/c1-10-12(6-3-7-13(10)16)14(18)17-8-4-5-11(9-17)15(19)20-2/h3,6-7,11H,4-5,8-9H2,1-2H3/t11-/m0/s1. The smallest absolute Gasteiger partial charge is 0.310 e. The topological polar surface area (TPSA) is 46.6 Å². The van der Waals surface area contributed by atoms with E-state index in [9.17, 15) is 9.59 Å². The molecule has 0 saturated carbocycles. The quantitative estimate of drug-likeness (QED) is 0.778. The third-order valence-electron chi connectivity index (χ3n) is 3.74. The lowest BCUT2D eigenvalue weighted by Crippen LogP contribution is -2.42. The van der Waals surface area contributed by atoms with Gasteiger partial charge >= 0.3 is 5.97 Å². The molecule has 1 saturated heterocycles. The van der Waals surface area contributed by atoms with Crippen LogP contribution in [0.2, 0.25) is 0 Å². The Bertz CT molecular complexity index is 530. The summed E-state index contributed by atoms with van der Waals surface area (Å²) in [6.07, 6.45) is 1.62. The molecule has 0 bridgehead atoms. The second-order valence-corrected chi connectivity index (χ2v) is 5.88. The average molecular weight is 340 g/mol. The Kier molecular flexibility index (Phi) is 4.81. The Morgan fingerprint density at radius 2 is 2.15 bits per heavy atom. The van der Waals surface area contributed by atoms with Crippen molar-refractivity contribution in [3.05, 3.63) is 33.8 Å². The number of hydrogen-bond donors (Lipinski definition) is 0. The summed E-state index contributed by atoms with van der Waals surface area (Å²) in [5, 5.41) is 0. The fraction of sp³-hybridized carbons (Fsp3) is 0.467. The van der Waals surface area contributed by atoms with Gasteiger partial charge in [0.1, 0.15) is 0 Å².